The van der Waals surface area contributed by atoms with Crippen LogP contribution in [0.2, 0.25) is 0 Å². The smallest absolute Gasteiger partial charge is 0.256 e. The summed E-state index contributed by atoms with van der Waals surface area (Å²) < 4.78 is 20.5. The van der Waals surface area contributed by atoms with Gasteiger partial charge in [-0.25, -0.2) is 4.98 Å². The molecule has 0 spiro atoms. The Bertz CT molecular complexity index is 1510. The molecular weight excluding hydrogens is 515 g/mol. The molecule has 11 nitrogen and oxygen atoms in total. The van der Waals surface area contributed by atoms with Gasteiger partial charge in [0.1, 0.15) is 11.5 Å². The first-order valence-corrected chi connectivity index (χ1v) is 12.5. The molecule has 1 aliphatic heterocycles. The standard InChI is InChI=1S/C28H29FN8O3/c1-35-18-23(25(29)34-35)32-27-30-15-20-17-36(16-19-8-4-3-5-9-19)28(39)37(26(20)33-27)22-11-6-10-21(14-22)31-24(38)12-7-13-40-2/h3-12,14-15,18,28,39H,13,16-17H2,1-2H3,(H,31,38)(H,30,32,33)/b12-7+. The Hall–Kier alpha value is -4.65. The molecule has 206 valence electrons. The Kier molecular flexibility index (Phi) is 8.10. The zero-order valence-electron chi connectivity index (χ0n) is 22.0. The van der Waals surface area contributed by atoms with E-state index in [9.17, 15) is 14.3 Å². The molecule has 0 saturated carbocycles. The van der Waals surface area contributed by atoms with Crippen molar-refractivity contribution >= 4 is 34.7 Å². The van der Waals surface area contributed by atoms with Crippen LogP contribution in [-0.4, -0.2) is 55.7 Å². The Labute approximate surface area is 230 Å². The Morgan fingerprint density at radius 1 is 1.23 bits per heavy atom. The number of benzene rings is 2. The number of halogens is 1. The summed E-state index contributed by atoms with van der Waals surface area (Å²) in [5.41, 5.74) is 3.03. The number of carbonyl (C=O) groups is 1. The van der Waals surface area contributed by atoms with Gasteiger partial charge >= 0.3 is 0 Å². The Morgan fingerprint density at radius 2 is 2.05 bits per heavy atom. The summed E-state index contributed by atoms with van der Waals surface area (Å²) in [6.07, 6.45) is 5.05. The van der Waals surface area contributed by atoms with Gasteiger partial charge in [-0.05, 0) is 23.8 Å². The van der Waals surface area contributed by atoms with Crippen LogP contribution in [0.5, 0.6) is 0 Å². The van der Waals surface area contributed by atoms with Crippen LogP contribution < -0.4 is 15.5 Å². The molecule has 12 heteroatoms. The topological polar surface area (TPSA) is 121 Å². The SMILES string of the molecule is COC/C=C/C(=O)Nc1cccc(N2c3nc(Nc4cn(C)nc4F)ncc3CN(Cc3ccccc3)C2O)c1. The van der Waals surface area contributed by atoms with Crippen LogP contribution in [0, 0.1) is 5.95 Å². The summed E-state index contributed by atoms with van der Waals surface area (Å²) in [5.74, 6) is -0.404. The molecule has 0 saturated heterocycles. The Morgan fingerprint density at radius 3 is 2.80 bits per heavy atom. The second-order valence-corrected chi connectivity index (χ2v) is 9.18. The van der Waals surface area contributed by atoms with Gasteiger partial charge in [0.25, 0.3) is 5.95 Å². The highest BCUT2D eigenvalue weighted by Gasteiger charge is 2.34. The fraction of sp³-hybridized carbons (Fsp3) is 0.214. The monoisotopic (exact) mass is 544 g/mol. The van der Waals surface area contributed by atoms with Gasteiger partial charge in [-0.2, -0.15) is 9.37 Å². The molecule has 1 atom stereocenters. The molecule has 4 aromatic rings. The third-order valence-electron chi connectivity index (χ3n) is 6.18. The van der Waals surface area contributed by atoms with Gasteiger partial charge in [-0.15, -0.1) is 5.10 Å². The average molecular weight is 545 g/mol. The number of aryl methyl sites for hydroxylation is 1. The molecule has 3 heterocycles. The molecule has 1 aliphatic rings. The molecule has 3 N–H and O–H groups in total. The molecule has 2 aromatic carbocycles. The molecule has 0 aliphatic carbocycles. The fourth-order valence-electron chi connectivity index (χ4n) is 4.40. The minimum atomic E-state index is -1.10. The third kappa shape index (κ3) is 6.15. The second-order valence-electron chi connectivity index (χ2n) is 9.18. The molecule has 0 radical (unpaired) electrons. The lowest BCUT2D eigenvalue weighted by Crippen LogP contribution is -2.49. The maximum absolute atomic E-state index is 14.2. The van der Waals surface area contributed by atoms with Crippen molar-refractivity contribution < 1.29 is 19.0 Å². The lowest BCUT2D eigenvalue weighted by Gasteiger charge is -2.42. The minimum absolute atomic E-state index is 0.127. The number of aliphatic hydroxyl groups is 1. The van der Waals surface area contributed by atoms with Crippen molar-refractivity contribution in [3.8, 4) is 0 Å². The predicted molar refractivity (Wildman–Crippen MR) is 148 cm³/mol. The van der Waals surface area contributed by atoms with Gasteiger partial charge in [0.05, 0.1) is 12.8 Å². The summed E-state index contributed by atoms with van der Waals surface area (Å²) in [4.78, 5) is 24.9. The number of hydrogen-bond acceptors (Lipinski definition) is 9. The zero-order valence-corrected chi connectivity index (χ0v) is 22.0. The van der Waals surface area contributed by atoms with E-state index in [1.807, 2.05) is 41.3 Å². The first-order valence-electron chi connectivity index (χ1n) is 12.5. The number of ether oxygens (including phenoxy) is 1. The highest BCUT2D eigenvalue weighted by Crippen LogP contribution is 2.37. The minimum Gasteiger partial charge on any atom is -0.381 e. The highest BCUT2D eigenvalue weighted by molar-refractivity contribution is 5.99. The maximum atomic E-state index is 14.2. The number of anilines is 5. The van der Waals surface area contributed by atoms with Crippen LogP contribution in [0.1, 0.15) is 11.1 Å². The largest absolute Gasteiger partial charge is 0.381 e. The predicted octanol–water partition coefficient (Wildman–Crippen LogP) is 3.66. The van der Waals surface area contributed by atoms with Crippen molar-refractivity contribution in [2.45, 2.75) is 19.4 Å². The summed E-state index contributed by atoms with van der Waals surface area (Å²) in [5, 5.41) is 21.0. The van der Waals surface area contributed by atoms with Crippen molar-refractivity contribution in [2.24, 2.45) is 7.05 Å². The first-order chi connectivity index (χ1) is 19.4. The normalized spacial score (nSPS) is 15.3. The van der Waals surface area contributed by atoms with Crippen molar-refractivity contribution in [1.29, 1.82) is 0 Å². The third-order valence-corrected chi connectivity index (χ3v) is 6.18. The van der Waals surface area contributed by atoms with E-state index in [-0.39, 0.29) is 17.5 Å². The lowest BCUT2D eigenvalue weighted by molar-refractivity contribution is -0.111. The van der Waals surface area contributed by atoms with Gasteiger partial charge in [0.2, 0.25) is 11.9 Å². The van der Waals surface area contributed by atoms with Gasteiger partial charge < -0.3 is 20.5 Å². The summed E-state index contributed by atoms with van der Waals surface area (Å²) in [7, 11) is 3.16. The van der Waals surface area contributed by atoms with E-state index >= 15 is 0 Å². The van der Waals surface area contributed by atoms with E-state index in [0.717, 1.165) is 11.1 Å². The van der Waals surface area contributed by atoms with E-state index in [0.29, 0.717) is 36.9 Å². The molecule has 0 fully saturated rings. The van der Waals surface area contributed by atoms with E-state index in [1.165, 1.54) is 17.0 Å². The van der Waals surface area contributed by atoms with E-state index in [4.69, 9.17) is 4.74 Å². The molecule has 1 amide bonds. The first kappa shape index (κ1) is 26.9. The summed E-state index contributed by atoms with van der Waals surface area (Å²) in [6.45, 7) is 1.17. The van der Waals surface area contributed by atoms with E-state index in [2.05, 4.69) is 25.7 Å². The number of hydrogen-bond donors (Lipinski definition) is 3. The molecule has 0 bridgehead atoms. The Balaban J connectivity index is 1.49. The van der Waals surface area contributed by atoms with E-state index in [1.54, 1.807) is 49.5 Å². The number of fused-ring (bicyclic) bond motifs is 1. The number of aromatic nitrogens is 4. The molecule has 5 rings (SSSR count). The van der Waals surface area contributed by atoms with E-state index < -0.39 is 12.3 Å². The number of amides is 1. The summed E-state index contributed by atoms with van der Waals surface area (Å²) in [6, 6.07) is 16.9. The van der Waals surface area contributed by atoms with Crippen LogP contribution in [0.4, 0.5) is 33.2 Å². The number of nitrogens with one attached hydrogen (secondary N) is 2. The number of nitrogens with zero attached hydrogens (tertiary/aromatic N) is 6. The average Bonchev–Trinajstić information content (AvgIpc) is 3.26. The maximum Gasteiger partial charge on any atom is 0.256 e. The summed E-state index contributed by atoms with van der Waals surface area (Å²) >= 11 is 0. The lowest BCUT2D eigenvalue weighted by atomic mass is 10.1. The molecule has 40 heavy (non-hydrogen) atoms. The van der Waals surface area contributed by atoms with Crippen molar-refractivity contribution in [3.05, 3.63) is 96.2 Å². The van der Waals surface area contributed by atoms with Crippen LogP contribution >= 0.6 is 0 Å². The second kappa shape index (κ2) is 12.0. The van der Waals surface area contributed by atoms with Crippen LogP contribution in [0.15, 0.2) is 79.1 Å². The van der Waals surface area contributed by atoms with Gasteiger partial charge in [0.15, 0.2) is 6.35 Å². The highest BCUT2D eigenvalue weighted by atomic mass is 19.1. The number of carbonyl (C=O) groups excluding carboxylic acids is 1. The molecule has 1 unspecified atom stereocenters. The molecular formula is C28H29FN8O3. The van der Waals surface area contributed by atoms with Gasteiger partial charge in [-0.3, -0.25) is 19.3 Å². The van der Waals surface area contributed by atoms with Crippen molar-refractivity contribution in [1.82, 2.24) is 24.6 Å². The number of rotatable bonds is 9. The van der Waals surface area contributed by atoms with Crippen molar-refractivity contribution in [2.75, 3.05) is 29.3 Å². The number of aliphatic hydroxyl groups excluding tert-OH is 1. The zero-order chi connectivity index (χ0) is 28.1. The quantitative estimate of drug-likeness (QED) is 0.271. The van der Waals surface area contributed by atoms with Gasteiger partial charge in [-0.1, -0.05) is 42.5 Å². The molecule has 2 aromatic heterocycles. The van der Waals surface area contributed by atoms with Crippen LogP contribution in [0.3, 0.4) is 0 Å². The van der Waals surface area contributed by atoms with Crippen LogP contribution in [-0.2, 0) is 29.7 Å². The fourth-order valence-corrected chi connectivity index (χ4v) is 4.40. The van der Waals surface area contributed by atoms with Gasteiger partial charge in [0, 0.05) is 56.5 Å². The van der Waals surface area contributed by atoms with Crippen LogP contribution in [0.25, 0.3) is 0 Å². The van der Waals surface area contributed by atoms with Crippen molar-refractivity contribution in [3.63, 3.8) is 0 Å². The number of methoxy groups -OCH3 is 1.